The number of carbonyl (C=O) groups is 2. The van der Waals surface area contributed by atoms with Crippen molar-refractivity contribution in [2.75, 3.05) is 28.6 Å². The Balaban J connectivity index is 1.44. The maximum absolute atomic E-state index is 13.5. The molecular weight excluding hydrogens is 428 g/mol. The van der Waals surface area contributed by atoms with E-state index in [-0.39, 0.29) is 49.0 Å². The Bertz CT molecular complexity index is 974. The van der Waals surface area contributed by atoms with E-state index in [1.807, 2.05) is 4.90 Å². The van der Waals surface area contributed by atoms with Gasteiger partial charge in [0.05, 0.1) is 17.6 Å². The lowest BCUT2D eigenvalue weighted by Gasteiger charge is -2.34. The molecule has 7 nitrogen and oxygen atoms in total. The van der Waals surface area contributed by atoms with Crippen molar-refractivity contribution < 1.29 is 18.4 Å². The van der Waals surface area contributed by atoms with Crippen molar-refractivity contribution in [2.45, 2.75) is 37.0 Å². The molecule has 0 unspecified atom stereocenters. The Hall–Kier alpha value is -2.81. The molecule has 164 valence electrons. The number of anilines is 3. The first-order valence-electron chi connectivity index (χ1n) is 10.1. The van der Waals surface area contributed by atoms with Gasteiger partial charge in [0.15, 0.2) is 0 Å². The number of pyridine rings is 2. The fourth-order valence-corrected chi connectivity index (χ4v) is 4.09. The lowest BCUT2D eigenvalue weighted by molar-refractivity contribution is -0.122. The third-order valence-corrected chi connectivity index (χ3v) is 5.96. The number of hydrogen-bond acceptors (Lipinski definition) is 5. The summed E-state index contributed by atoms with van der Waals surface area (Å²) in [7, 11) is 0. The molecule has 1 aliphatic carbocycles. The summed E-state index contributed by atoms with van der Waals surface area (Å²) in [5.74, 6) is -3.11. The van der Waals surface area contributed by atoms with Gasteiger partial charge in [-0.25, -0.2) is 13.8 Å². The van der Waals surface area contributed by atoms with E-state index in [1.165, 1.54) is 24.5 Å². The Kier molecular flexibility index (Phi) is 6.04. The minimum absolute atomic E-state index is 0.0284. The summed E-state index contributed by atoms with van der Waals surface area (Å²) in [6.07, 6.45) is 5.27. The third-order valence-electron chi connectivity index (χ3n) is 5.61. The summed E-state index contributed by atoms with van der Waals surface area (Å²) in [5.41, 5.74) is 1.37. The smallest absolute Gasteiger partial charge is 0.255 e. The largest absolute Gasteiger partial charge is 0.369 e. The van der Waals surface area contributed by atoms with Gasteiger partial charge in [0.2, 0.25) is 5.91 Å². The molecule has 1 aliphatic heterocycles. The van der Waals surface area contributed by atoms with Crippen molar-refractivity contribution in [2.24, 2.45) is 5.92 Å². The Morgan fingerprint density at radius 3 is 2.58 bits per heavy atom. The van der Waals surface area contributed by atoms with E-state index in [4.69, 9.17) is 11.6 Å². The molecule has 1 saturated carbocycles. The first-order chi connectivity index (χ1) is 14.8. The molecular formula is C21H22ClF2N5O2. The monoisotopic (exact) mass is 449 g/mol. The van der Waals surface area contributed by atoms with Crippen molar-refractivity contribution >= 4 is 40.6 Å². The van der Waals surface area contributed by atoms with Crippen LogP contribution in [0.1, 0.15) is 36.0 Å². The van der Waals surface area contributed by atoms with Gasteiger partial charge in [-0.05, 0) is 31.0 Å². The predicted octanol–water partition coefficient (Wildman–Crippen LogP) is 3.92. The van der Waals surface area contributed by atoms with E-state index >= 15 is 0 Å². The van der Waals surface area contributed by atoms with Gasteiger partial charge < -0.3 is 15.5 Å². The molecule has 2 aliphatic rings. The number of aromatic nitrogens is 2. The molecule has 2 amide bonds. The minimum atomic E-state index is -2.66. The van der Waals surface area contributed by atoms with Crippen molar-refractivity contribution in [3.8, 4) is 0 Å². The van der Waals surface area contributed by atoms with Crippen molar-refractivity contribution in [1.29, 1.82) is 0 Å². The molecule has 31 heavy (non-hydrogen) atoms. The molecule has 2 aromatic heterocycles. The Morgan fingerprint density at radius 2 is 1.87 bits per heavy atom. The van der Waals surface area contributed by atoms with Crippen molar-refractivity contribution in [1.82, 2.24) is 9.97 Å². The molecule has 1 saturated heterocycles. The fraction of sp³-hybridized carbons (Fsp3) is 0.429. The zero-order chi connectivity index (χ0) is 22.0. The predicted molar refractivity (Wildman–Crippen MR) is 114 cm³/mol. The first-order valence-corrected chi connectivity index (χ1v) is 10.5. The summed E-state index contributed by atoms with van der Waals surface area (Å²) in [4.78, 5) is 35.0. The number of nitrogens with zero attached hydrogens (tertiary/aromatic N) is 3. The van der Waals surface area contributed by atoms with Crippen molar-refractivity contribution in [3.05, 3.63) is 42.4 Å². The van der Waals surface area contributed by atoms with E-state index in [9.17, 15) is 18.4 Å². The average Bonchev–Trinajstić information content (AvgIpc) is 2.72. The first kappa shape index (κ1) is 21.4. The van der Waals surface area contributed by atoms with Crippen LogP contribution < -0.4 is 15.5 Å². The highest BCUT2D eigenvalue weighted by Crippen LogP contribution is 2.34. The van der Waals surface area contributed by atoms with Gasteiger partial charge in [0, 0.05) is 55.2 Å². The van der Waals surface area contributed by atoms with Crippen LogP contribution >= 0.6 is 11.6 Å². The summed E-state index contributed by atoms with van der Waals surface area (Å²) >= 11 is 5.92. The summed E-state index contributed by atoms with van der Waals surface area (Å²) in [6.45, 7) is 0.380. The molecule has 2 fully saturated rings. The van der Waals surface area contributed by atoms with Gasteiger partial charge in [-0.2, -0.15) is 0 Å². The standard InChI is InChI=1S/C21H22ClF2N5O2/c22-15-9-14(10-15)20(31)28-18-11-13(1-6-26-18)19(30)27-16-12-25-5-2-17(16)29-7-3-21(23,24)4-8-29/h1-2,5-6,11-12,14-15H,3-4,7-10H2,(H,27,30)(H,26,28,31). The van der Waals surface area contributed by atoms with Crippen LogP contribution in [0.25, 0.3) is 0 Å². The van der Waals surface area contributed by atoms with Crippen LogP contribution in [0.4, 0.5) is 26.0 Å². The SMILES string of the molecule is O=C(Nc1cnccc1N1CCC(F)(F)CC1)c1ccnc(NC(=O)C2CC(Cl)C2)c1. The van der Waals surface area contributed by atoms with Gasteiger partial charge >= 0.3 is 0 Å². The average molecular weight is 450 g/mol. The van der Waals surface area contributed by atoms with Gasteiger partial charge in [0.1, 0.15) is 5.82 Å². The number of nitrogens with one attached hydrogen (secondary N) is 2. The lowest BCUT2D eigenvalue weighted by atomic mass is 9.84. The highest BCUT2D eigenvalue weighted by Gasteiger charge is 2.35. The topological polar surface area (TPSA) is 87.2 Å². The van der Waals surface area contributed by atoms with Crippen LogP contribution in [0, 0.1) is 5.92 Å². The number of halogens is 3. The van der Waals surface area contributed by atoms with Crippen LogP contribution in [0.3, 0.4) is 0 Å². The summed E-state index contributed by atoms with van der Waals surface area (Å²) < 4.78 is 27.0. The van der Waals surface area contributed by atoms with E-state index in [0.29, 0.717) is 29.8 Å². The molecule has 3 heterocycles. The minimum Gasteiger partial charge on any atom is -0.369 e. The van der Waals surface area contributed by atoms with Gasteiger partial charge in [0.25, 0.3) is 11.8 Å². The third kappa shape index (κ3) is 5.10. The number of carbonyl (C=O) groups excluding carboxylic acids is 2. The second-order valence-electron chi connectivity index (χ2n) is 7.87. The maximum Gasteiger partial charge on any atom is 0.255 e. The highest BCUT2D eigenvalue weighted by molar-refractivity contribution is 6.21. The maximum atomic E-state index is 13.5. The molecule has 0 radical (unpaired) electrons. The molecule has 0 spiro atoms. The zero-order valence-corrected chi connectivity index (χ0v) is 17.4. The van der Waals surface area contributed by atoms with Crippen LogP contribution in [0.5, 0.6) is 0 Å². The molecule has 0 bridgehead atoms. The number of alkyl halides is 3. The molecule has 2 aromatic rings. The van der Waals surface area contributed by atoms with E-state index in [0.717, 1.165) is 0 Å². The van der Waals surface area contributed by atoms with Crippen LogP contribution in [-0.4, -0.2) is 46.2 Å². The van der Waals surface area contributed by atoms with Gasteiger partial charge in [-0.15, -0.1) is 11.6 Å². The fourth-order valence-electron chi connectivity index (χ4n) is 3.66. The molecule has 0 aromatic carbocycles. The second kappa shape index (κ2) is 8.74. The zero-order valence-electron chi connectivity index (χ0n) is 16.7. The molecule has 10 heteroatoms. The highest BCUT2D eigenvalue weighted by atomic mass is 35.5. The van der Waals surface area contributed by atoms with E-state index < -0.39 is 11.8 Å². The normalized spacial score (nSPS) is 22.4. The summed E-state index contributed by atoms with van der Waals surface area (Å²) in [6, 6.07) is 4.71. The number of amides is 2. The summed E-state index contributed by atoms with van der Waals surface area (Å²) in [5, 5.41) is 5.53. The number of piperidine rings is 1. The van der Waals surface area contributed by atoms with E-state index in [2.05, 4.69) is 20.6 Å². The van der Waals surface area contributed by atoms with Crippen LogP contribution in [0.15, 0.2) is 36.8 Å². The van der Waals surface area contributed by atoms with Crippen LogP contribution in [-0.2, 0) is 4.79 Å². The van der Waals surface area contributed by atoms with E-state index in [1.54, 1.807) is 12.3 Å². The van der Waals surface area contributed by atoms with Gasteiger partial charge in [-0.1, -0.05) is 0 Å². The second-order valence-corrected chi connectivity index (χ2v) is 8.49. The van der Waals surface area contributed by atoms with Gasteiger partial charge in [-0.3, -0.25) is 14.6 Å². The molecule has 4 rings (SSSR count). The molecule has 2 N–H and O–H groups in total. The number of hydrogen-bond donors (Lipinski definition) is 2. The Labute approximate surface area is 183 Å². The lowest BCUT2D eigenvalue weighted by Crippen LogP contribution is -2.39. The molecule has 0 atom stereocenters. The number of rotatable bonds is 5. The Morgan fingerprint density at radius 1 is 1.13 bits per heavy atom. The quantitative estimate of drug-likeness (QED) is 0.675. The van der Waals surface area contributed by atoms with Crippen LogP contribution in [0.2, 0.25) is 0 Å². The van der Waals surface area contributed by atoms with Crippen molar-refractivity contribution in [3.63, 3.8) is 0 Å².